The molecule has 2 N–H and O–H groups in total. The lowest BCUT2D eigenvalue weighted by Crippen LogP contribution is -2.39. The summed E-state index contributed by atoms with van der Waals surface area (Å²) in [6.07, 6.45) is 1.74. The smallest absolute Gasteiger partial charge is 0.227 e. The molecule has 1 unspecified atom stereocenters. The van der Waals surface area contributed by atoms with Gasteiger partial charge in [-0.3, -0.25) is 9.59 Å². The fraction of sp³-hybridized carbons (Fsp3) is 0.579. The molecule has 5 heteroatoms. The molecular formula is C19H28N2O3. The van der Waals surface area contributed by atoms with Gasteiger partial charge in [0.25, 0.3) is 0 Å². The number of benzene rings is 1. The van der Waals surface area contributed by atoms with E-state index < -0.39 is 0 Å². The zero-order chi connectivity index (χ0) is 17.7. The van der Waals surface area contributed by atoms with Gasteiger partial charge in [0.15, 0.2) is 0 Å². The van der Waals surface area contributed by atoms with E-state index in [1.807, 2.05) is 38.1 Å². The van der Waals surface area contributed by atoms with Crippen molar-refractivity contribution in [3.8, 4) is 0 Å². The summed E-state index contributed by atoms with van der Waals surface area (Å²) >= 11 is 0. The van der Waals surface area contributed by atoms with Gasteiger partial charge in [0.2, 0.25) is 11.8 Å². The van der Waals surface area contributed by atoms with Crippen LogP contribution in [-0.4, -0.2) is 36.6 Å². The largest absolute Gasteiger partial charge is 0.396 e. The number of anilines is 1. The maximum absolute atomic E-state index is 12.4. The van der Waals surface area contributed by atoms with Crippen molar-refractivity contribution in [2.45, 2.75) is 40.0 Å². The zero-order valence-electron chi connectivity index (χ0n) is 14.8. The standard InChI is InChI=1S/C19H28N2O3/c1-4-14-7-5-6-8-16(14)21-12-15(11-17(21)23)18(24)20-13-19(2,3)9-10-22/h5-8,15,22H,4,9-13H2,1-3H3,(H,20,24). The summed E-state index contributed by atoms with van der Waals surface area (Å²) in [5.74, 6) is -0.385. The number of hydrogen-bond donors (Lipinski definition) is 2. The van der Waals surface area contributed by atoms with Crippen LogP contribution < -0.4 is 10.2 Å². The van der Waals surface area contributed by atoms with Crippen molar-refractivity contribution in [3.63, 3.8) is 0 Å². The highest BCUT2D eigenvalue weighted by Crippen LogP contribution is 2.28. The van der Waals surface area contributed by atoms with Gasteiger partial charge in [0.1, 0.15) is 0 Å². The molecule has 24 heavy (non-hydrogen) atoms. The van der Waals surface area contributed by atoms with Gasteiger partial charge in [0, 0.05) is 31.8 Å². The number of para-hydroxylation sites is 1. The number of aliphatic hydroxyl groups excluding tert-OH is 1. The second-order valence-corrected chi connectivity index (χ2v) is 7.24. The van der Waals surface area contributed by atoms with Crippen LogP contribution in [0.5, 0.6) is 0 Å². The van der Waals surface area contributed by atoms with Crippen molar-refractivity contribution >= 4 is 17.5 Å². The average Bonchev–Trinajstić information content (AvgIpc) is 2.94. The maximum atomic E-state index is 12.4. The van der Waals surface area contributed by atoms with E-state index in [1.54, 1.807) is 4.90 Å². The number of amides is 2. The van der Waals surface area contributed by atoms with Crippen LogP contribution >= 0.6 is 0 Å². The molecular weight excluding hydrogens is 304 g/mol. The van der Waals surface area contributed by atoms with Crippen LogP contribution in [0.15, 0.2) is 24.3 Å². The number of rotatable bonds is 7. The number of aliphatic hydroxyl groups is 1. The first-order valence-corrected chi connectivity index (χ1v) is 8.65. The maximum Gasteiger partial charge on any atom is 0.227 e. The molecule has 0 spiro atoms. The van der Waals surface area contributed by atoms with Crippen LogP contribution in [0.3, 0.4) is 0 Å². The SMILES string of the molecule is CCc1ccccc1N1CC(C(=O)NCC(C)(C)CCO)CC1=O. The molecule has 0 radical (unpaired) electrons. The third kappa shape index (κ3) is 4.35. The highest BCUT2D eigenvalue weighted by atomic mass is 16.3. The van der Waals surface area contributed by atoms with Crippen molar-refractivity contribution in [1.82, 2.24) is 5.32 Å². The van der Waals surface area contributed by atoms with Gasteiger partial charge in [-0.2, -0.15) is 0 Å². The molecule has 1 atom stereocenters. The third-order valence-electron chi connectivity index (χ3n) is 4.69. The van der Waals surface area contributed by atoms with Crippen molar-refractivity contribution in [1.29, 1.82) is 0 Å². The van der Waals surface area contributed by atoms with E-state index in [0.29, 0.717) is 19.5 Å². The van der Waals surface area contributed by atoms with Crippen LogP contribution in [0.4, 0.5) is 5.69 Å². The molecule has 132 valence electrons. The lowest BCUT2D eigenvalue weighted by Gasteiger charge is -2.25. The van der Waals surface area contributed by atoms with E-state index in [1.165, 1.54) is 0 Å². The fourth-order valence-corrected chi connectivity index (χ4v) is 3.05. The predicted octanol–water partition coefficient (Wildman–Crippen LogP) is 2.13. The molecule has 1 aliphatic rings. The number of nitrogens with one attached hydrogen (secondary N) is 1. The quantitative estimate of drug-likeness (QED) is 0.803. The topological polar surface area (TPSA) is 69.6 Å². The van der Waals surface area contributed by atoms with Crippen molar-refractivity contribution < 1.29 is 14.7 Å². The molecule has 1 aromatic carbocycles. The van der Waals surface area contributed by atoms with Gasteiger partial charge < -0.3 is 15.3 Å². The van der Waals surface area contributed by atoms with Crippen molar-refractivity contribution in [2.75, 3.05) is 24.6 Å². The lowest BCUT2D eigenvalue weighted by molar-refractivity contribution is -0.126. The van der Waals surface area contributed by atoms with Crippen LogP contribution in [-0.2, 0) is 16.0 Å². The molecule has 1 aromatic rings. The molecule has 0 aromatic heterocycles. The number of carbonyl (C=O) groups excluding carboxylic acids is 2. The first-order valence-electron chi connectivity index (χ1n) is 8.65. The second-order valence-electron chi connectivity index (χ2n) is 7.24. The summed E-state index contributed by atoms with van der Waals surface area (Å²) in [5, 5.41) is 12.0. The van der Waals surface area contributed by atoms with E-state index in [0.717, 1.165) is 17.7 Å². The second kappa shape index (κ2) is 7.79. The van der Waals surface area contributed by atoms with Gasteiger partial charge in [-0.15, -0.1) is 0 Å². The van der Waals surface area contributed by atoms with Gasteiger partial charge in [-0.05, 0) is 29.9 Å². The van der Waals surface area contributed by atoms with Gasteiger partial charge in [-0.1, -0.05) is 39.0 Å². The van der Waals surface area contributed by atoms with E-state index in [4.69, 9.17) is 5.11 Å². The van der Waals surface area contributed by atoms with Crippen molar-refractivity contribution in [2.24, 2.45) is 11.3 Å². The molecule has 0 bridgehead atoms. The normalized spacial score (nSPS) is 18.1. The number of nitrogens with zero attached hydrogens (tertiary/aromatic N) is 1. The highest BCUT2D eigenvalue weighted by molar-refractivity contribution is 6.00. The Labute approximate surface area is 144 Å². The summed E-state index contributed by atoms with van der Waals surface area (Å²) in [7, 11) is 0. The molecule has 1 saturated heterocycles. The first-order chi connectivity index (χ1) is 11.4. The van der Waals surface area contributed by atoms with Crippen LogP contribution in [0.1, 0.15) is 39.2 Å². The van der Waals surface area contributed by atoms with Crippen molar-refractivity contribution in [3.05, 3.63) is 29.8 Å². The third-order valence-corrected chi connectivity index (χ3v) is 4.69. The minimum atomic E-state index is -0.313. The predicted molar refractivity (Wildman–Crippen MR) is 94.8 cm³/mol. The molecule has 0 saturated carbocycles. The Kier molecular flexibility index (Phi) is 5.99. The Morgan fingerprint density at radius 2 is 2.08 bits per heavy atom. The van der Waals surface area contributed by atoms with Gasteiger partial charge >= 0.3 is 0 Å². The Morgan fingerprint density at radius 3 is 2.75 bits per heavy atom. The first kappa shape index (κ1) is 18.5. The summed E-state index contributed by atoms with van der Waals surface area (Å²) in [6.45, 7) is 7.12. The Bertz CT molecular complexity index is 598. The highest BCUT2D eigenvalue weighted by Gasteiger charge is 2.36. The lowest BCUT2D eigenvalue weighted by atomic mass is 9.89. The van der Waals surface area contributed by atoms with E-state index >= 15 is 0 Å². The molecule has 5 nitrogen and oxygen atoms in total. The summed E-state index contributed by atoms with van der Waals surface area (Å²) < 4.78 is 0. The van der Waals surface area contributed by atoms with Gasteiger partial charge in [0.05, 0.1) is 5.92 Å². The Hall–Kier alpha value is -1.88. The van der Waals surface area contributed by atoms with Crippen LogP contribution in [0, 0.1) is 11.3 Å². The summed E-state index contributed by atoms with van der Waals surface area (Å²) in [6, 6.07) is 7.86. The van der Waals surface area contributed by atoms with E-state index in [-0.39, 0.29) is 36.2 Å². The Morgan fingerprint density at radius 1 is 1.38 bits per heavy atom. The molecule has 1 fully saturated rings. The Balaban J connectivity index is 2.00. The number of carbonyl (C=O) groups is 2. The minimum absolute atomic E-state index is 0.00525. The zero-order valence-corrected chi connectivity index (χ0v) is 14.8. The summed E-state index contributed by atoms with van der Waals surface area (Å²) in [5.41, 5.74) is 1.89. The average molecular weight is 332 g/mol. The molecule has 2 amide bonds. The monoisotopic (exact) mass is 332 g/mol. The number of aryl methyl sites for hydroxylation is 1. The molecule has 1 heterocycles. The van der Waals surface area contributed by atoms with Crippen LogP contribution in [0.2, 0.25) is 0 Å². The summed E-state index contributed by atoms with van der Waals surface area (Å²) in [4.78, 5) is 26.5. The minimum Gasteiger partial charge on any atom is -0.396 e. The molecule has 2 rings (SSSR count). The molecule has 1 aliphatic heterocycles. The number of hydrogen-bond acceptors (Lipinski definition) is 3. The molecule has 0 aliphatic carbocycles. The fourth-order valence-electron chi connectivity index (χ4n) is 3.05. The van der Waals surface area contributed by atoms with Gasteiger partial charge in [-0.25, -0.2) is 0 Å². The van der Waals surface area contributed by atoms with E-state index in [9.17, 15) is 9.59 Å². The van der Waals surface area contributed by atoms with E-state index in [2.05, 4.69) is 12.2 Å². The van der Waals surface area contributed by atoms with Crippen LogP contribution in [0.25, 0.3) is 0 Å².